The fourth-order valence-corrected chi connectivity index (χ4v) is 2.11. The number of benzene rings is 2. The van der Waals surface area contributed by atoms with E-state index in [-0.39, 0.29) is 10.6 Å². The zero-order valence-corrected chi connectivity index (χ0v) is 10.6. The van der Waals surface area contributed by atoms with Crippen molar-refractivity contribution in [2.45, 2.75) is 6.04 Å². The SMILES string of the molecule is NC(c1cccc(F)c1F)c1cccc(Cl)c1Cl. The molecule has 2 N–H and O–H groups in total. The quantitative estimate of drug-likeness (QED) is 0.875. The minimum atomic E-state index is -0.971. The van der Waals surface area contributed by atoms with Gasteiger partial charge in [0.15, 0.2) is 11.6 Å². The molecule has 0 saturated carbocycles. The number of rotatable bonds is 2. The number of nitrogens with two attached hydrogens (primary N) is 1. The van der Waals surface area contributed by atoms with Crippen LogP contribution in [-0.2, 0) is 0 Å². The summed E-state index contributed by atoms with van der Waals surface area (Å²) in [5.74, 6) is -1.91. The summed E-state index contributed by atoms with van der Waals surface area (Å²) in [5.41, 5.74) is 6.40. The third-order valence-electron chi connectivity index (χ3n) is 2.63. The summed E-state index contributed by atoms with van der Waals surface area (Å²) in [6.45, 7) is 0. The van der Waals surface area contributed by atoms with Gasteiger partial charge in [-0.25, -0.2) is 8.78 Å². The van der Waals surface area contributed by atoms with Gasteiger partial charge in [-0.1, -0.05) is 47.5 Å². The van der Waals surface area contributed by atoms with E-state index in [1.54, 1.807) is 18.2 Å². The second-order valence-electron chi connectivity index (χ2n) is 3.76. The maximum Gasteiger partial charge on any atom is 0.163 e. The lowest BCUT2D eigenvalue weighted by atomic mass is 9.99. The zero-order valence-electron chi connectivity index (χ0n) is 9.13. The van der Waals surface area contributed by atoms with E-state index >= 15 is 0 Å². The molecular weight excluding hydrogens is 279 g/mol. The molecular formula is C13H9Cl2F2N. The van der Waals surface area contributed by atoms with Crippen molar-refractivity contribution in [2.24, 2.45) is 5.73 Å². The van der Waals surface area contributed by atoms with E-state index in [0.717, 1.165) is 6.07 Å². The molecule has 0 heterocycles. The largest absolute Gasteiger partial charge is 0.320 e. The van der Waals surface area contributed by atoms with Crippen molar-refractivity contribution in [3.8, 4) is 0 Å². The summed E-state index contributed by atoms with van der Waals surface area (Å²) in [6, 6.07) is 7.86. The van der Waals surface area contributed by atoms with Crippen molar-refractivity contribution in [1.82, 2.24) is 0 Å². The molecule has 0 saturated heterocycles. The number of hydrogen-bond acceptors (Lipinski definition) is 1. The molecule has 0 amide bonds. The highest BCUT2D eigenvalue weighted by atomic mass is 35.5. The van der Waals surface area contributed by atoms with Crippen LogP contribution in [0.5, 0.6) is 0 Å². The van der Waals surface area contributed by atoms with Crippen molar-refractivity contribution in [1.29, 1.82) is 0 Å². The molecule has 94 valence electrons. The van der Waals surface area contributed by atoms with Gasteiger partial charge >= 0.3 is 0 Å². The highest BCUT2D eigenvalue weighted by Gasteiger charge is 2.19. The molecule has 5 heteroatoms. The van der Waals surface area contributed by atoms with Crippen LogP contribution in [0.2, 0.25) is 10.0 Å². The summed E-state index contributed by atoms with van der Waals surface area (Å²) >= 11 is 11.9. The summed E-state index contributed by atoms with van der Waals surface area (Å²) in [4.78, 5) is 0. The second-order valence-corrected chi connectivity index (χ2v) is 4.55. The Balaban J connectivity index is 2.51. The summed E-state index contributed by atoms with van der Waals surface area (Å²) < 4.78 is 26.8. The Morgan fingerprint density at radius 2 is 1.56 bits per heavy atom. The van der Waals surface area contributed by atoms with Crippen LogP contribution in [0.4, 0.5) is 8.78 Å². The highest BCUT2D eigenvalue weighted by Crippen LogP contribution is 2.32. The predicted octanol–water partition coefficient (Wildman–Crippen LogP) is 4.32. The van der Waals surface area contributed by atoms with Gasteiger partial charge in [-0.3, -0.25) is 0 Å². The normalized spacial score (nSPS) is 12.5. The van der Waals surface area contributed by atoms with Crippen LogP contribution in [0.15, 0.2) is 36.4 Å². The van der Waals surface area contributed by atoms with Gasteiger partial charge < -0.3 is 5.73 Å². The van der Waals surface area contributed by atoms with Gasteiger partial charge in [0.2, 0.25) is 0 Å². The van der Waals surface area contributed by atoms with Crippen LogP contribution in [0, 0.1) is 11.6 Å². The first-order valence-corrected chi connectivity index (χ1v) is 5.91. The van der Waals surface area contributed by atoms with E-state index in [4.69, 9.17) is 28.9 Å². The first-order valence-electron chi connectivity index (χ1n) is 5.15. The van der Waals surface area contributed by atoms with Crippen LogP contribution in [-0.4, -0.2) is 0 Å². The van der Waals surface area contributed by atoms with Gasteiger partial charge in [-0.05, 0) is 17.7 Å². The topological polar surface area (TPSA) is 26.0 Å². The fourth-order valence-electron chi connectivity index (χ4n) is 1.69. The highest BCUT2D eigenvalue weighted by molar-refractivity contribution is 6.42. The lowest BCUT2D eigenvalue weighted by Crippen LogP contribution is -2.15. The average Bonchev–Trinajstić information content (AvgIpc) is 2.35. The molecule has 2 rings (SSSR count). The Kier molecular flexibility index (Phi) is 3.85. The Morgan fingerprint density at radius 1 is 0.944 bits per heavy atom. The molecule has 0 aliphatic carbocycles. The molecule has 2 aromatic carbocycles. The zero-order chi connectivity index (χ0) is 13.3. The molecule has 2 aromatic rings. The molecule has 0 aromatic heterocycles. The molecule has 0 fully saturated rings. The number of hydrogen-bond donors (Lipinski definition) is 1. The third-order valence-corrected chi connectivity index (χ3v) is 3.47. The lowest BCUT2D eigenvalue weighted by molar-refractivity contribution is 0.494. The van der Waals surface area contributed by atoms with E-state index in [2.05, 4.69) is 0 Å². The third kappa shape index (κ3) is 2.34. The van der Waals surface area contributed by atoms with E-state index in [1.165, 1.54) is 12.1 Å². The van der Waals surface area contributed by atoms with Gasteiger partial charge in [0.25, 0.3) is 0 Å². The lowest BCUT2D eigenvalue weighted by Gasteiger charge is -2.15. The van der Waals surface area contributed by atoms with Crippen molar-refractivity contribution < 1.29 is 8.78 Å². The van der Waals surface area contributed by atoms with E-state index < -0.39 is 17.7 Å². The van der Waals surface area contributed by atoms with Crippen molar-refractivity contribution in [3.05, 3.63) is 69.2 Å². The first-order chi connectivity index (χ1) is 8.52. The minimum Gasteiger partial charge on any atom is -0.320 e. The fraction of sp³-hybridized carbons (Fsp3) is 0.0769. The van der Waals surface area contributed by atoms with Crippen molar-refractivity contribution in [3.63, 3.8) is 0 Å². The van der Waals surface area contributed by atoms with Crippen LogP contribution in [0.25, 0.3) is 0 Å². The molecule has 0 spiro atoms. The first kappa shape index (κ1) is 13.3. The van der Waals surface area contributed by atoms with E-state index in [1.807, 2.05) is 0 Å². The predicted molar refractivity (Wildman–Crippen MR) is 68.9 cm³/mol. The van der Waals surface area contributed by atoms with Gasteiger partial charge in [0.05, 0.1) is 16.1 Å². The van der Waals surface area contributed by atoms with Crippen LogP contribution < -0.4 is 5.73 Å². The van der Waals surface area contributed by atoms with E-state index in [0.29, 0.717) is 10.6 Å². The second kappa shape index (κ2) is 5.22. The smallest absolute Gasteiger partial charge is 0.163 e. The maximum absolute atomic E-state index is 13.6. The number of halogens is 4. The molecule has 1 unspecified atom stereocenters. The molecule has 0 radical (unpaired) electrons. The summed E-state index contributed by atoms with van der Waals surface area (Å²) in [7, 11) is 0. The molecule has 0 aliphatic rings. The van der Waals surface area contributed by atoms with Crippen molar-refractivity contribution >= 4 is 23.2 Å². The van der Waals surface area contributed by atoms with Gasteiger partial charge in [-0.2, -0.15) is 0 Å². The van der Waals surface area contributed by atoms with Gasteiger partial charge in [0, 0.05) is 5.56 Å². The Morgan fingerprint density at radius 3 is 2.28 bits per heavy atom. The molecule has 1 atom stereocenters. The standard InChI is InChI=1S/C13H9Cl2F2N/c14-9-5-1-3-7(11(9)15)13(18)8-4-2-6-10(16)12(8)17/h1-6,13H,18H2. The minimum absolute atomic E-state index is 0.0409. The van der Waals surface area contributed by atoms with Crippen LogP contribution in [0.1, 0.15) is 17.2 Å². The maximum atomic E-state index is 13.6. The molecule has 1 nitrogen and oxygen atoms in total. The van der Waals surface area contributed by atoms with Crippen LogP contribution in [0.3, 0.4) is 0 Å². The molecule has 0 bridgehead atoms. The summed E-state index contributed by atoms with van der Waals surface area (Å²) in [5, 5.41) is 0.566. The van der Waals surface area contributed by atoms with Crippen LogP contribution >= 0.6 is 23.2 Å². The molecule has 0 aliphatic heterocycles. The Labute approximate surface area is 113 Å². The Bertz CT molecular complexity index is 536. The van der Waals surface area contributed by atoms with Gasteiger partial charge in [-0.15, -0.1) is 0 Å². The monoisotopic (exact) mass is 287 g/mol. The Hall–Kier alpha value is -1.16. The average molecular weight is 288 g/mol. The summed E-state index contributed by atoms with van der Waals surface area (Å²) in [6.07, 6.45) is 0. The van der Waals surface area contributed by atoms with Gasteiger partial charge in [0.1, 0.15) is 0 Å². The van der Waals surface area contributed by atoms with E-state index in [9.17, 15) is 8.78 Å². The molecule has 18 heavy (non-hydrogen) atoms. The van der Waals surface area contributed by atoms with Crippen molar-refractivity contribution in [2.75, 3.05) is 0 Å².